The third-order valence-corrected chi connectivity index (χ3v) is 3.05. The molecule has 0 saturated carbocycles. The van der Waals surface area contributed by atoms with Crippen molar-refractivity contribution in [1.29, 1.82) is 5.26 Å². The highest BCUT2D eigenvalue weighted by Gasteiger charge is 2.14. The van der Waals surface area contributed by atoms with Crippen LogP contribution in [0.5, 0.6) is 5.75 Å². The summed E-state index contributed by atoms with van der Waals surface area (Å²) in [7, 11) is 0. The van der Waals surface area contributed by atoms with Gasteiger partial charge in [-0.1, -0.05) is 0 Å². The monoisotopic (exact) mass is 362 g/mol. The van der Waals surface area contributed by atoms with Crippen LogP contribution in [0.3, 0.4) is 0 Å². The van der Waals surface area contributed by atoms with Crippen molar-refractivity contribution < 1.29 is 9.66 Å². The number of non-ortho nitro benzene ring substituents is 1. The lowest BCUT2D eigenvalue weighted by molar-refractivity contribution is -0.385. The molecule has 5 nitrogen and oxygen atoms in total. The smallest absolute Gasteiger partial charge is 0.271 e. The van der Waals surface area contributed by atoms with Crippen LogP contribution < -0.4 is 4.74 Å². The third kappa shape index (κ3) is 3.98. The second kappa shape index (κ2) is 6.57. The van der Waals surface area contributed by atoms with E-state index in [1.54, 1.807) is 0 Å². The SMILES string of the molecule is N#CCCCOc1c(Br)cc([N+](=O)[O-])cc1Br. The maximum atomic E-state index is 10.6. The van der Waals surface area contributed by atoms with Crippen LogP contribution in [0.15, 0.2) is 21.1 Å². The lowest BCUT2D eigenvalue weighted by atomic mass is 10.3. The molecule has 17 heavy (non-hydrogen) atoms. The Kier molecular flexibility index (Phi) is 5.38. The summed E-state index contributed by atoms with van der Waals surface area (Å²) in [6.45, 7) is 0.391. The Hall–Kier alpha value is -1.13. The average molecular weight is 364 g/mol. The number of hydrogen-bond acceptors (Lipinski definition) is 4. The van der Waals surface area contributed by atoms with Crippen LogP contribution in [0.4, 0.5) is 5.69 Å². The summed E-state index contributed by atoms with van der Waals surface area (Å²) < 4.78 is 6.46. The molecular formula is C10H8Br2N2O3. The van der Waals surface area contributed by atoms with Crippen LogP contribution in [0.2, 0.25) is 0 Å². The molecule has 0 amide bonds. The molecule has 0 aliphatic rings. The normalized spacial score (nSPS) is 9.71. The number of nitrogens with zero attached hydrogens (tertiary/aromatic N) is 2. The highest BCUT2D eigenvalue weighted by molar-refractivity contribution is 9.11. The summed E-state index contributed by atoms with van der Waals surface area (Å²) in [5.41, 5.74) is -0.0203. The molecule has 1 rings (SSSR count). The molecule has 0 aliphatic heterocycles. The number of nitro groups is 1. The van der Waals surface area contributed by atoms with Gasteiger partial charge < -0.3 is 4.74 Å². The van der Waals surface area contributed by atoms with E-state index in [2.05, 4.69) is 31.9 Å². The van der Waals surface area contributed by atoms with Gasteiger partial charge in [-0.25, -0.2) is 0 Å². The van der Waals surface area contributed by atoms with E-state index in [1.165, 1.54) is 12.1 Å². The quantitative estimate of drug-likeness (QED) is 0.453. The Balaban J connectivity index is 2.80. The van der Waals surface area contributed by atoms with E-state index in [-0.39, 0.29) is 5.69 Å². The molecule has 0 aliphatic carbocycles. The van der Waals surface area contributed by atoms with E-state index in [0.29, 0.717) is 34.1 Å². The number of rotatable bonds is 5. The van der Waals surface area contributed by atoms with E-state index < -0.39 is 4.92 Å². The zero-order chi connectivity index (χ0) is 12.8. The van der Waals surface area contributed by atoms with Gasteiger partial charge in [-0.2, -0.15) is 5.26 Å². The molecule has 0 bridgehead atoms. The van der Waals surface area contributed by atoms with Crippen molar-refractivity contribution in [3.8, 4) is 11.8 Å². The number of ether oxygens (including phenoxy) is 1. The van der Waals surface area contributed by atoms with Crippen molar-refractivity contribution in [3.63, 3.8) is 0 Å². The molecule has 0 aromatic heterocycles. The van der Waals surface area contributed by atoms with Gasteiger partial charge in [0.05, 0.1) is 26.5 Å². The lowest BCUT2D eigenvalue weighted by Crippen LogP contribution is -1.99. The molecule has 7 heteroatoms. The van der Waals surface area contributed by atoms with Gasteiger partial charge in [0, 0.05) is 18.6 Å². The first-order valence-electron chi connectivity index (χ1n) is 4.69. The van der Waals surface area contributed by atoms with Crippen LogP contribution in [-0.4, -0.2) is 11.5 Å². The standard InChI is InChI=1S/C10H8Br2N2O3/c11-8-5-7(14(15)16)6-9(12)10(8)17-4-2-1-3-13/h5-6H,1-2,4H2. The van der Waals surface area contributed by atoms with E-state index >= 15 is 0 Å². The Morgan fingerprint density at radius 1 is 1.41 bits per heavy atom. The second-order valence-corrected chi connectivity index (χ2v) is 4.81. The molecule has 0 N–H and O–H groups in total. The largest absolute Gasteiger partial charge is 0.491 e. The van der Waals surface area contributed by atoms with Crippen molar-refractivity contribution in [1.82, 2.24) is 0 Å². The minimum Gasteiger partial charge on any atom is -0.491 e. The lowest BCUT2D eigenvalue weighted by Gasteiger charge is -2.09. The van der Waals surface area contributed by atoms with Gasteiger partial charge in [0.15, 0.2) is 0 Å². The van der Waals surface area contributed by atoms with Crippen LogP contribution in [0, 0.1) is 21.4 Å². The Morgan fingerprint density at radius 2 is 2.00 bits per heavy atom. The topological polar surface area (TPSA) is 76.2 Å². The molecule has 1 aromatic carbocycles. The molecular weight excluding hydrogens is 356 g/mol. The highest BCUT2D eigenvalue weighted by Crippen LogP contribution is 2.37. The Bertz CT molecular complexity index is 448. The van der Waals surface area contributed by atoms with Gasteiger partial charge in [-0.05, 0) is 38.3 Å². The minimum absolute atomic E-state index is 0.0203. The molecule has 0 saturated heterocycles. The molecule has 1 aromatic rings. The fourth-order valence-corrected chi connectivity index (χ4v) is 2.51. The summed E-state index contributed by atoms with van der Waals surface area (Å²) in [5, 5.41) is 19.0. The molecule has 0 heterocycles. The summed E-state index contributed by atoms with van der Waals surface area (Å²) >= 11 is 6.42. The number of hydrogen-bond donors (Lipinski definition) is 0. The number of nitriles is 1. The summed E-state index contributed by atoms with van der Waals surface area (Å²) in [6, 6.07) is 4.77. The maximum Gasteiger partial charge on any atom is 0.271 e. The van der Waals surface area contributed by atoms with Crippen LogP contribution in [0.1, 0.15) is 12.8 Å². The van der Waals surface area contributed by atoms with Gasteiger partial charge in [0.2, 0.25) is 0 Å². The average Bonchev–Trinajstić information content (AvgIpc) is 2.26. The molecule has 0 atom stereocenters. The third-order valence-electron chi connectivity index (χ3n) is 1.87. The number of benzene rings is 1. The molecule has 0 spiro atoms. The fourth-order valence-electron chi connectivity index (χ4n) is 1.12. The van der Waals surface area contributed by atoms with Crippen molar-refractivity contribution in [3.05, 3.63) is 31.2 Å². The van der Waals surface area contributed by atoms with Crippen molar-refractivity contribution in [2.24, 2.45) is 0 Å². The predicted octanol–water partition coefficient (Wildman–Crippen LogP) is 3.80. The van der Waals surface area contributed by atoms with Gasteiger partial charge >= 0.3 is 0 Å². The van der Waals surface area contributed by atoms with Gasteiger partial charge in [0.1, 0.15) is 5.75 Å². The molecule has 0 unspecified atom stereocenters. The fraction of sp³-hybridized carbons (Fsp3) is 0.300. The highest BCUT2D eigenvalue weighted by atomic mass is 79.9. The zero-order valence-corrected chi connectivity index (χ0v) is 11.8. The summed E-state index contributed by atoms with van der Waals surface area (Å²) in [6.07, 6.45) is 1.04. The van der Waals surface area contributed by atoms with E-state index in [0.717, 1.165) is 0 Å². The predicted molar refractivity (Wildman–Crippen MR) is 68.8 cm³/mol. The van der Waals surface area contributed by atoms with Crippen molar-refractivity contribution in [2.45, 2.75) is 12.8 Å². The van der Waals surface area contributed by atoms with E-state index in [9.17, 15) is 10.1 Å². The van der Waals surface area contributed by atoms with Crippen LogP contribution in [0.25, 0.3) is 0 Å². The van der Waals surface area contributed by atoms with Crippen molar-refractivity contribution >= 4 is 37.5 Å². The molecule has 0 fully saturated rings. The van der Waals surface area contributed by atoms with Crippen LogP contribution >= 0.6 is 31.9 Å². The minimum atomic E-state index is -0.477. The first kappa shape index (κ1) is 13.9. The Labute approximate surface area is 115 Å². The summed E-state index contributed by atoms with van der Waals surface area (Å²) in [5.74, 6) is 0.508. The number of unbranched alkanes of at least 4 members (excludes halogenated alkanes) is 1. The first-order chi connectivity index (χ1) is 8.06. The number of nitro benzene ring substituents is 1. The number of halogens is 2. The summed E-state index contributed by atoms with van der Waals surface area (Å²) in [4.78, 5) is 10.1. The zero-order valence-electron chi connectivity index (χ0n) is 8.65. The molecule has 90 valence electrons. The van der Waals surface area contributed by atoms with E-state index in [4.69, 9.17) is 10.00 Å². The molecule has 0 radical (unpaired) electrons. The first-order valence-corrected chi connectivity index (χ1v) is 6.28. The van der Waals surface area contributed by atoms with Gasteiger partial charge in [-0.3, -0.25) is 10.1 Å². The Morgan fingerprint density at radius 3 is 2.47 bits per heavy atom. The van der Waals surface area contributed by atoms with Crippen molar-refractivity contribution in [2.75, 3.05) is 6.61 Å². The second-order valence-electron chi connectivity index (χ2n) is 3.11. The maximum absolute atomic E-state index is 10.6. The van der Waals surface area contributed by atoms with Crippen LogP contribution in [-0.2, 0) is 0 Å². The van der Waals surface area contributed by atoms with Gasteiger partial charge in [0.25, 0.3) is 5.69 Å². The van der Waals surface area contributed by atoms with Gasteiger partial charge in [-0.15, -0.1) is 0 Å². The van der Waals surface area contributed by atoms with E-state index in [1.807, 2.05) is 6.07 Å².